The van der Waals surface area contributed by atoms with Gasteiger partial charge in [-0.3, -0.25) is 0 Å². The topological polar surface area (TPSA) is 13.1 Å². The number of benzene rings is 5. The van der Waals surface area contributed by atoms with Crippen LogP contribution in [0.15, 0.2) is 101 Å². The fourth-order valence-electron chi connectivity index (χ4n) is 4.14. The van der Waals surface area contributed by atoms with E-state index in [-0.39, 0.29) is 0 Å². The van der Waals surface area contributed by atoms with E-state index >= 15 is 0 Å². The van der Waals surface area contributed by atoms with Crippen LogP contribution in [-0.4, -0.2) is 0 Å². The molecule has 126 valence electrons. The summed E-state index contributed by atoms with van der Waals surface area (Å²) in [6.45, 7) is 0. The second-order valence-electron chi connectivity index (χ2n) is 7.01. The number of para-hydroxylation sites is 1. The van der Waals surface area contributed by atoms with E-state index in [1.165, 1.54) is 43.4 Å². The predicted octanol–water partition coefficient (Wildman–Crippen LogP) is 7.56. The number of hydrogen-bond donors (Lipinski definition) is 0. The average Bonchev–Trinajstić information content (AvgIpc) is 3.12. The molecule has 0 bridgehead atoms. The van der Waals surface area contributed by atoms with Crippen molar-refractivity contribution >= 4 is 43.5 Å². The van der Waals surface area contributed by atoms with Gasteiger partial charge in [0.05, 0.1) is 0 Å². The second kappa shape index (κ2) is 5.46. The zero-order valence-electron chi connectivity index (χ0n) is 14.6. The van der Waals surface area contributed by atoms with Crippen molar-refractivity contribution in [2.24, 2.45) is 0 Å². The molecule has 0 spiro atoms. The zero-order valence-corrected chi connectivity index (χ0v) is 14.6. The maximum absolute atomic E-state index is 6.29. The molecule has 6 rings (SSSR count). The molecule has 0 saturated carbocycles. The first-order valence-corrected chi connectivity index (χ1v) is 9.21. The van der Waals surface area contributed by atoms with Crippen LogP contribution in [0, 0.1) is 0 Å². The summed E-state index contributed by atoms with van der Waals surface area (Å²) in [5, 5.41) is 7.22. The largest absolute Gasteiger partial charge is 0.455 e. The molecule has 0 aliphatic carbocycles. The lowest BCUT2D eigenvalue weighted by Gasteiger charge is -2.08. The minimum absolute atomic E-state index is 0.943. The SMILES string of the molecule is c1ccc(-c2ccc3c(ccc4ccc5c6ccccc6oc5c43)c2)cc1. The van der Waals surface area contributed by atoms with E-state index in [2.05, 4.69) is 84.9 Å². The van der Waals surface area contributed by atoms with Crippen molar-refractivity contribution in [1.29, 1.82) is 0 Å². The molecule has 0 fully saturated rings. The summed E-state index contributed by atoms with van der Waals surface area (Å²) >= 11 is 0. The highest BCUT2D eigenvalue weighted by molar-refractivity contribution is 6.23. The fourth-order valence-corrected chi connectivity index (χ4v) is 4.14. The molecular weight excluding hydrogens is 328 g/mol. The van der Waals surface area contributed by atoms with E-state index in [1.807, 2.05) is 12.1 Å². The van der Waals surface area contributed by atoms with Crippen LogP contribution in [0.1, 0.15) is 0 Å². The van der Waals surface area contributed by atoms with Crippen LogP contribution in [0.2, 0.25) is 0 Å². The highest BCUT2D eigenvalue weighted by atomic mass is 16.3. The molecule has 0 unspecified atom stereocenters. The summed E-state index contributed by atoms with van der Waals surface area (Å²) in [5.74, 6) is 0. The van der Waals surface area contributed by atoms with Crippen LogP contribution in [0.4, 0.5) is 0 Å². The Morgan fingerprint density at radius 1 is 0.481 bits per heavy atom. The summed E-state index contributed by atoms with van der Waals surface area (Å²) in [5.41, 5.74) is 4.39. The van der Waals surface area contributed by atoms with Crippen molar-refractivity contribution < 1.29 is 4.42 Å². The van der Waals surface area contributed by atoms with E-state index in [1.54, 1.807) is 0 Å². The van der Waals surface area contributed by atoms with Gasteiger partial charge in [0.1, 0.15) is 11.2 Å². The Morgan fingerprint density at radius 3 is 2.15 bits per heavy atom. The summed E-state index contributed by atoms with van der Waals surface area (Å²) < 4.78 is 6.29. The van der Waals surface area contributed by atoms with Crippen molar-refractivity contribution in [3.63, 3.8) is 0 Å². The van der Waals surface area contributed by atoms with Crippen LogP contribution in [-0.2, 0) is 0 Å². The Labute approximate surface area is 156 Å². The predicted molar refractivity (Wildman–Crippen MR) is 114 cm³/mol. The van der Waals surface area contributed by atoms with E-state index in [0.29, 0.717) is 0 Å². The average molecular weight is 344 g/mol. The van der Waals surface area contributed by atoms with Gasteiger partial charge in [-0.15, -0.1) is 0 Å². The van der Waals surface area contributed by atoms with Crippen molar-refractivity contribution in [3.8, 4) is 11.1 Å². The van der Waals surface area contributed by atoms with E-state index in [9.17, 15) is 0 Å². The second-order valence-corrected chi connectivity index (χ2v) is 7.01. The van der Waals surface area contributed by atoms with Gasteiger partial charge in [-0.1, -0.05) is 78.9 Å². The first-order chi connectivity index (χ1) is 13.4. The number of furan rings is 1. The molecule has 6 aromatic rings. The van der Waals surface area contributed by atoms with Crippen LogP contribution >= 0.6 is 0 Å². The molecule has 0 saturated heterocycles. The monoisotopic (exact) mass is 344 g/mol. The van der Waals surface area contributed by atoms with Crippen LogP contribution in [0.5, 0.6) is 0 Å². The van der Waals surface area contributed by atoms with E-state index in [4.69, 9.17) is 4.42 Å². The maximum Gasteiger partial charge on any atom is 0.143 e. The molecule has 0 aliphatic rings. The molecule has 1 nitrogen and oxygen atoms in total. The molecule has 0 atom stereocenters. The van der Waals surface area contributed by atoms with Gasteiger partial charge in [0, 0.05) is 16.2 Å². The van der Waals surface area contributed by atoms with Gasteiger partial charge >= 0.3 is 0 Å². The molecule has 1 heterocycles. The quantitative estimate of drug-likeness (QED) is 0.280. The van der Waals surface area contributed by atoms with Gasteiger partial charge in [-0.25, -0.2) is 0 Å². The van der Waals surface area contributed by atoms with Gasteiger partial charge in [0.15, 0.2) is 0 Å². The lowest BCUT2D eigenvalue weighted by atomic mass is 9.96. The molecule has 1 aromatic heterocycles. The molecule has 1 heteroatoms. The first kappa shape index (κ1) is 14.6. The lowest BCUT2D eigenvalue weighted by Crippen LogP contribution is -1.82. The minimum Gasteiger partial charge on any atom is -0.455 e. The first-order valence-electron chi connectivity index (χ1n) is 9.21. The Hall–Kier alpha value is -3.58. The maximum atomic E-state index is 6.29. The van der Waals surface area contributed by atoms with Gasteiger partial charge in [0.25, 0.3) is 0 Å². The summed E-state index contributed by atoms with van der Waals surface area (Å²) in [7, 11) is 0. The number of hydrogen-bond acceptors (Lipinski definition) is 1. The normalized spacial score (nSPS) is 11.7. The third kappa shape index (κ3) is 2.12. The lowest BCUT2D eigenvalue weighted by molar-refractivity contribution is 0.673. The molecular formula is C26H16O. The Balaban J connectivity index is 1.72. The van der Waals surface area contributed by atoms with Crippen LogP contribution in [0.3, 0.4) is 0 Å². The summed E-state index contributed by atoms with van der Waals surface area (Å²) in [6, 6.07) is 34.3. The van der Waals surface area contributed by atoms with Gasteiger partial charge < -0.3 is 4.42 Å². The highest BCUT2D eigenvalue weighted by Crippen LogP contribution is 2.38. The molecule has 5 aromatic carbocycles. The smallest absolute Gasteiger partial charge is 0.143 e. The number of fused-ring (bicyclic) bond motifs is 7. The van der Waals surface area contributed by atoms with Crippen LogP contribution in [0.25, 0.3) is 54.6 Å². The van der Waals surface area contributed by atoms with Crippen molar-refractivity contribution in [1.82, 2.24) is 0 Å². The van der Waals surface area contributed by atoms with Crippen molar-refractivity contribution in [2.75, 3.05) is 0 Å². The molecule has 0 aliphatic heterocycles. The Morgan fingerprint density at radius 2 is 1.22 bits per heavy atom. The Kier molecular flexibility index (Phi) is 2.95. The van der Waals surface area contributed by atoms with E-state index < -0.39 is 0 Å². The molecule has 0 N–H and O–H groups in total. The minimum atomic E-state index is 0.943. The molecule has 0 amide bonds. The standard InChI is InChI=1S/C26H16O/c1-2-6-17(7-3-1)19-13-14-21-20(16-19)11-10-18-12-15-23-22-8-4-5-9-24(22)27-26(23)25(18)21/h1-16H. The third-order valence-electron chi connectivity index (χ3n) is 5.45. The van der Waals surface area contributed by atoms with Gasteiger partial charge in [0.2, 0.25) is 0 Å². The van der Waals surface area contributed by atoms with Gasteiger partial charge in [-0.05, 0) is 45.5 Å². The summed E-state index contributed by atoms with van der Waals surface area (Å²) in [6.07, 6.45) is 0. The van der Waals surface area contributed by atoms with Crippen molar-refractivity contribution in [3.05, 3.63) is 97.1 Å². The van der Waals surface area contributed by atoms with Crippen molar-refractivity contribution in [2.45, 2.75) is 0 Å². The zero-order chi connectivity index (χ0) is 17.8. The number of rotatable bonds is 1. The summed E-state index contributed by atoms with van der Waals surface area (Å²) in [4.78, 5) is 0. The molecule has 27 heavy (non-hydrogen) atoms. The van der Waals surface area contributed by atoms with E-state index in [0.717, 1.165) is 11.2 Å². The Bertz CT molecular complexity index is 1460. The van der Waals surface area contributed by atoms with Gasteiger partial charge in [-0.2, -0.15) is 0 Å². The third-order valence-corrected chi connectivity index (χ3v) is 5.45. The fraction of sp³-hybridized carbons (Fsp3) is 0. The molecule has 0 radical (unpaired) electrons. The van der Waals surface area contributed by atoms with Crippen LogP contribution < -0.4 is 0 Å². The highest BCUT2D eigenvalue weighted by Gasteiger charge is 2.12.